The quantitative estimate of drug-likeness (QED) is 0.0959. The molecule has 2 aromatic heterocycles. The fourth-order valence-electron chi connectivity index (χ4n) is 5.43. The summed E-state index contributed by atoms with van der Waals surface area (Å²) in [5.41, 5.74) is 1.77. The van der Waals surface area contributed by atoms with Gasteiger partial charge in [-0.2, -0.15) is 0 Å². The number of carbonyl (C=O) groups excluding carboxylic acids is 1. The average molecular weight is 752 g/mol. The number of fused-ring (bicyclic) bond motifs is 1. The van der Waals surface area contributed by atoms with Crippen LogP contribution in [0.2, 0.25) is 0 Å². The van der Waals surface area contributed by atoms with Crippen LogP contribution in [-0.4, -0.2) is 75.2 Å². The number of hydrogen-bond donors (Lipinski definition) is 4. The van der Waals surface area contributed by atoms with Crippen molar-refractivity contribution in [3.63, 3.8) is 0 Å². The van der Waals surface area contributed by atoms with Crippen molar-refractivity contribution < 1.29 is 27.6 Å². The van der Waals surface area contributed by atoms with Crippen molar-refractivity contribution >= 4 is 44.0 Å². The Balaban J connectivity index is 0.000000714. The molecule has 4 heterocycles. The lowest BCUT2D eigenvalue weighted by molar-refractivity contribution is -0.384. The molecule has 0 aliphatic carbocycles. The number of pyridine rings is 1. The Hall–Kier alpha value is -4.73. The monoisotopic (exact) mass is 751 g/mol. The van der Waals surface area contributed by atoms with Crippen LogP contribution >= 0.6 is 0 Å². The highest BCUT2D eigenvalue weighted by atomic mass is 32.2. The zero-order chi connectivity index (χ0) is 38.6. The van der Waals surface area contributed by atoms with Gasteiger partial charge in [-0.15, -0.1) is 0 Å². The minimum atomic E-state index is -4.50. The van der Waals surface area contributed by atoms with E-state index in [1.165, 1.54) is 30.8 Å². The van der Waals surface area contributed by atoms with Gasteiger partial charge in [0.1, 0.15) is 22.8 Å². The third kappa shape index (κ3) is 11.6. The first-order valence-corrected chi connectivity index (χ1v) is 19.7. The predicted molar refractivity (Wildman–Crippen MR) is 209 cm³/mol. The molecule has 0 atom stereocenters. The van der Waals surface area contributed by atoms with E-state index in [2.05, 4.69) is 57.9 Å². The normalized spacial score (nSPS) is 15.0. The van der Waals surface area contributed by atoms with E-state index in [9.17, 15) is 23.3 Å². The van der Waals surface area contributed by atoms with E-state index in [-0.39, 0.29) is 22.9 Å². The van der Waals surface area contributed by atoms with Gasteiger partial charge in [-0.05, 0) is 60.6 Å². The molecule has 2 aliphatic heterocycles. The summed E-state index contributed by atoms with van der Waals surface area (Å²) in [4.78, 5) is 33.8. The van der Waals surface area contributed by atoms with Gasteiger partial charge in [-0.1, -0.05) is 48.0 Å². The molecule has 4 N–H and O–H groups in total. The molecule has 15 heteroatoms. The molecule has 14 nitrogen and oxygen atoms in total. The van der Waals surface area contributed by atoms with Gasteiger partial charge in [0.25, 0.3) is 21.6 Å². The first kappa shape index (κ1) is 41.0. The highest BCUT2D eigenvalue weighted by Gasteiger charge is 2.27. The molecule has 2 aliphatic rings. The molecule has 4 aromatic rings. The Labute approximate surface area is 312 Å². The number of nitrogens with one attached hydrogen (secondary N) is 4. The van der Waals surface area contributed by atoms with Crippen molar-refractivity contribution in [1.29, 1.82) is 0 Å². The summed E-state index contributed by atoms with van der Waals surface area (Å²) in [7, 11) is -4.50. The van der Waals surface area contributed by atoms with Crippen LogP contribution in [0, 0.1) is 21.4 Å². The lowest BCUT2D eigenvalue weighted by Crippen LogP contribution is -2.43. The van der Waals surface area contributed by atoms with Gasteiger partial charge in [0.2, 0.25) is 0 Å². The number of hydrogen-bond acceptors (Lipinski definition) is 11. The number of nitro benzene ring substituents is 1. The molecule has 0 radical (unpaired) electrons. The van der Waals surface area contributed by atoms with Crippen molar-refractivity contribution in [3.05, 3.63) is 76.6 Å². The number of aromatic amines is 1. The molecule has 0 saturated carbocycles. The number of ether oxygens (including phenoxy) is 2. The molecule has 0 unspecified atom stereocenters. The molecule has 2 saturated heterocycles. The zero-order valence-electron chi connectivity index (χ0n) is 31.5. The van der Waals surface area contributed by atoms with Crippen molar-refractivity contribution in [1.82, 2.24) is 20.0 Å². The second-order valence-corrected chi connectivity index (χ2v) is 15.5. The largest absolute Gasteiger partial charge is 0.455 e. The number of sulfonamides is 1. The Morgan fingerprint density at radius 1 is 1.08 bits per heavy atom. The average Bonchev–Trinajstić information content (AvgIpc) is 3.63. The van der Waals surface area contributed by atoms with Crippen LogP contribution in [0.1, 0.15) is 71.2 Å². The lowest BCUT2D eigenvalue weighted by atomic mass is 9.94. The molecular weight excluding hydrogens is 699 g/mol. The molecule has 2 aromatic carbocycles. The molecule has 53 heavy (non-hydrogen) atoms. The van der Waals surface area contributed by atoms with Crippen molar-refractivity contribution in [3.8, 4) is 11.5 Å². The summed E-state index contributed by atoms with van der Waals surface area (Å²) in [6, 6.07) is 12.0. The number of carbonyl (C=O) groups is 1. The highest BCUT2D eigenvalue weighted by molar-refractivity contribution is 7.90. The van der Waals surface area contributed by atoms with Crippen LogP contribution in [0.3, 0.4) is 0 Å². The lowest BCUT2D eigenvalue weighted by Gasteiger charge is -2.30. The van der Waals surface area contributed by atoms with Crippen LogP contribution in [0.15, 0.2) is 65.8 Å². The van der Waals surface area contributed by atoms with Crippen molar-refractivity contribution in [2.75, 3.05) is 56.2 Å². The van der Waals surface area contributed by atoms with Gasteiger partial charge in [-0.3, -0.25) is 14.9 Å². The minimum absolute atomic E-state index is 0.0316. The van der Waals surface area contributed by atoms with Crippen molar-refractivity contribution in [2.24, 2.45) is 11.3 Å². The molecule has 1 amide bonds. The van der Waals surface area contributed by atoms with E-state index in [1.807, 2.05) is 19.9 Å². The smallest absolute Gasteiger partial charge is 0.293 e. The maximum atomic E-state index is 13.5. The van der Waals surface area contributed by atoms with E-state index in [1.54, 1.807) is 24.4 Å². The third-order valence-corrected chi connectivity index (χ3v) is 10.3. The third-order valence-electron chi connectivity index (χ3n) is 8.98. The Morgan fingerprint density at radius 3 is 2.43 bits per heavy atom. The molecular formula is C38H53N7O7S. The van der Waals surface area contributed by atoms with Gasteiger partial charge < -0.3 is 30.0 Å². The van der Waals surface area contributed by atoms with Gasteiger partial charge in [-0.25, -0.2) is 18.1 Å². The molecule has 288 valence electrons. The number of benzene rings is 2. The Bertz CT molecular complexity index is 1930. The van der Waals surface area contributed by atoms with E-state index in [4.69, 9.17) is 9.47 Å². The SMILES string of the molecule is CC.CCC(C)(C)C.O=C(NS(=O)(=O)c1ccc(NCC2CCOCC2)c([N+](=O)[O-])c1)c1ccc(N2CCNCC2)cc1Oc1cnc2[nH]ccc2c1. The number of nitrogens with zero attached hydrogens (tertiary/aromatic N) is 3. The van der Waals surface area contributed by atoms with E-state index in [0.717, 1.165) is 56.2 Å². The number of aromatic nitrogens is 2. The zero-order valence-corrected chi connectivity index (χ0v) is 32.3. The molecule has 6 rings (SSSR count). The molecule has 0 bridgehead atoms. The standard InChI is InChI=1S/C30H33N7O7S.C6H14.C2H6/c38-30(35-45(41,42)24-2-4-26(27(17-24)37(39)40)33-18-20-6-13-43-14-7-20)25-3-1-22(36-11-9-31-10-12-36)16-28(25)44-23-15-21-5-8-32-29(21)34-19-23;1-5-6(2,3)4;1-2/h1-5,8,15-17,19-20,31,33H,6-7,9-14,18H2,(H,32,34)(H,35,38);5H2,1-4H3;1-2H3. The second kappa shape index (κ2) is 18.9. The van der Waals surface area contributed by atoms with Gasteiger partial charge in [0.05, 0.1) is 21.6 Å². The second-order valence-electron chi connectivity index (χ2n) is 13.8. The molecule has 2 fully saturated rings. The maximum Gasteiger partial charge on any atom is 0.293 e. The van der Waals surface area contributed by atoms with Gasteiger partial charge in [0.15, 0.2) is 0 Å². The number of H-pyrrole nitrogens is 1. The van der Waals surface area contributed by atoms with Gasteiger partial charge in [0, 0.05) is 75.3 Å². The van der Waals surface area contributed by atoms with Crippen LogP contribution in [0.25, 0.3) is 11.0 Å². The predicted octanol–water partition coefficient (Wildman–Crippen LogP) is 7.10. The number of amides is 1. The number of anilines is 2. The summed E-state index contributed by atoms with van der Waals surface area (Å²) in [6.07, 6.45) is 6.19. The fraction of sp³-hybridized carbons (Fsp3) is 0.474. The highest BCUT2D eigenvalue weighted by Crippen LogP contribution is 2.33. The minimum Gasteiger partial charge on any atom is -0.455 e. The maximum absolute atomic E-state index is 13.5. The first-order chi connectivity index (χ1) is 25.3. The summed E-state index contributed by atoms with van der Waals surface area (Å²) >= 11 is 0. The number of piperazine rings is 1. The van der Waals surface area contributed by atoms with Crippen LogP contribution in [-0.2, 0) is 14.8 Å². The Kier molecular flexibility index (Phi) is 14.6. The topological polar surface area (TPSA) is 181 Å². The number of rotatable bonds is 10. The van der Waals surface area contributed by atoms with Crippen molar-refractivity contribution in [2.45, 2.75) is 65.7 Å². The van der Waals surface area contributed by atoms with E-state index >= 15 is 0 Å². The first-order valence-electron chi connectivity index (χ1n) is 18.2. The van der Waals surface area contributed by atoms with Crippen LogP contribution < -0.4 is 25.0 Å². The Morgan fingerprint density at radius 2 is 1.77 bits per heavy atom. The van der Waals surface area contributed by atoms with Gasteiger partial charge >= 0.3 is 0 Å². The number of nitro groups is 1. The summed E-state index contributed by atoms with van der Waals surface area (Å²) in [6.45, 7) is 17.8. The summed E-state index contributed by atoms with van der Waals surface area (Å²) in [5, 5.41) is 19.0. The van der Waals surface area contributed by atoms with E-state index in [0.29, 0.717) is 36.6 Å². The van der Waals surface area contributed by atoms with Crippen LogP contribution in [0.5, 0.6) is 11.5 Å². The summed E-state index contributed by atoms with van der Waals surface area (Å²) < 4.78 is 40.2. The van der Waals surface area contributed by atoms with E-state index < -0.39 is 31.4 Å². The van der Waals surface area contributed by atoms with Crippen LogP contribution in [0.4, 0.5) is 17.1 Å². The summed E-state index contributed by atoms with van der Waals surface area (Å²) in [5.74, 6) is -0.168. The molecule has 0 spiro atoms. The fourth-order valence-corrected chi connectivity index (χ4v) is 6.41.